The third-order valence-corrected chi connectivity index (χ3v) is 2.72. The number of aromatic carboxylic acids is 1. The van der Waals surface area contributed by atoms with Crippen molar-refractivity contribution >= 4 is 11.7 Å². The molecule has 0 aliphatic heterocycles. The van der Waals surface area contributed by atoms with Crippen LogP contribution in [0, 0.1) is 5.82 Å². The van der Waals surface area contributed by atoms with Crippen LogP contribution in [0.15, 0.2) is 36.5 Å². The molecular weight excluding hydrogens is 247 g/mol. The summed E-state index contributed by atoms with van der Waals surface area (Å²) < 4.78 is 12.9. The van der Waals surface area contributed by atoms with Gasteiger partial charge in [0.05, 0.1) is 16.9 Å². The van der Waals surface area contributed by atoms with Gasteiger partial charge in [-0.05, 0) is 30.3 Å². The van der Waals surface area contributed by atoms with Crippen molar-refractivity contribution in [1.82, 2.24) is 4.98 Å². The Morgan fingerprint density at radius 3 is 2.37 bits per heavy atom. The Labute approximate surface area is 110 Å². The van der Waals surface area contributed by atoms with Gasteiger partial charge in [-0.2, -0.15) is 0 Å². The number of hydrogen-bond acceptors (Lipinski definition) is 3. The third kappa shape index (κ3) is 2.54. The molecule has 2 rings (SSSR count). The van der Waals surface area contributed by atoms with Crippen molar-refractivity contribution < 1.29 is 14.3 Å². The highest BCUT2D eigenvalue weighted by Crippen LogP contribution is 2.31. The number of carboxylic acids is 1. The Morgan fingerprint density at radius 2 is 1.84 bits per heavy atom. The molecule has 5 heteroatoms. The summed E-state index contributed by atoms with van der Waals surface area (Å²) in [6.45, 7) is 0. The summed E-state index contributed by atoms with van der Waals surface area (Å²) in [5.41, 5.74) is 1.86. The number of rotatable bonds is 3. The van der Waals surface area contributed by atoms with Gasteiger partial charge in [-0.3, -0.25) is 4.98 Å². The lowest BCUT2D eigenvalue weighted by atomic mass is 10.1. The zero-order valence-electron chi connectivity index (χ0n) is 10.6. The summed E-state index contributed by atoms with van der Waals surface area (Å²) >= 11 is 0. The van der Waals surface area contributed by atoms with Crippen LogP contribution in [-0.4, -0.2) is 30.2 Å². The molecule has 0 spiro atoms. The summed E-state index contributed by atoms with van der Waals surface area (Å²) in [5.74, 6) is -1.36. The molecule has 1 heterocycles. The number of carbonyl (C=O) groups is 1. The lowest BCUT2D eigenvalue weighted by Gasteiger charge is -2.19. The number of anilines is 1. The number of halogens is 1. The van der Waals surface area contributed by atoms with Gasteiger partial charge < -0.3 is 10.0 Å². The predicted octanol–water partition coefficient (Wildman–Crippen LogP) is 2.65. The summed E-state index contributed by atoms with van der Waals surface area (Å²) in [6, 6.07) is 7.26. The van der Waals surface area contributed by atoms with Gasteiger partial charge in [0.2, 0.25) is 0 Å². The van der Waals surface area contributed by atoms with Crippen molar-refractivity contribution in [2.75, 3.05) is 19.0 Å². The van der Waals surface area contributed by atoms with Crippen LogP contribution in [0.5, 0.6) is 0 Å². The van der Waals surface area contributed by atoms with Crippen LogP contribution in [0.3, 0.4) is 0 Å². The predicted molar refractivity (Wildman–Crippen MR) is 70.9 cm³/mol. The molecular formula is C14H13FN2O2. The Bertz CT molecular complexity index is 609. The first-order valence-electron chi connectivity index (χ1n) is 5.66. The molecule has 0 atom stereocenters. The van der Waals surface area contributed by atoms with Crippen molar-refractivity contribution in [3.05, 3.63) is 47.9 Å². The zero-order valence-corrected chi connectivity index (χ0v) is 10.6. The lowest BCUT2D eigenvalue weighted by molar-refractivity contribution is 0.0697. The van der Waals surface area contributed by atoms with Crippen LogP contribution in [0.1, 0.15) is 10.4 Å². The first kappa shape index (κ1) is 13.0. The maximum absolute atomic E-state index is 12.9. The summed E-state index contributed by atoms with van der Waals surface area (Å²) in [6.07, 6.45) is 1.44. The molecule has 0 aliphatic carbocycles. The van der Waals surface area contributed by atoms with Gasteiger partial charge in [0.15, 0.2) is 0 Å². The van der Waals surface area contributed by atoms with E-state index in [0.717, 1.165) is 0 Å². The lowest BCUT2D eigenvalue weighted by Crippen LogP contribution is -2.16. The molecule has 1 aromatic carbocycles. The highest BCUT2D eigenvalue weighted by Gasteiger charge is 2.17. The van der Waals surface area contributed by atoms with Gasteiger partial charge in [0.1, 0.15) is 5.82 Å². The van der Waals surface area contributed by atoms with Crippen molar-refractivity contribution in [2.45, 2.75) is 0 Å². The van der Waals surface area contributed by atoms with Crippen molar-refractivity contribution in [3.8, 4) is 11.3 Å². The fraction of sp³-hybridized carbons (Fsp3) is 0.143. The summed E-state index contributed by atoms with van der Waals surface area (Å²) in [5, 5.41) is 9.22. The second-order valence-corrected chi connectivity index (χ2v) is 4.26. The number of benzene rings is 1. The molecule has 0 aliphatic rings. The first-order valence-corrected chi connectivity index (χ1v) is 5.66. The standard InChI is InChI=1S/C14H13FN2O2/c1-17(2)13-11(14(18)19)7-8-16-12(13)9-3-5-10(15)6-4-9/h3-8H,1-2H3,(H,18,19). The third-order valence-electron chi connectivity index (χ3n) is 2.72. The topological polar surface area (TPSA) is 53.4 Å². The van der Waals surface area contributed by atoms with Crippen LogP contribution in [-0.2, 0) is 0 Å². The van der Waals surface area contributed by atoms with E-state index < -0.39 is 5.97 Å². The van der Waals surface area contributed by atoms with Crippen molar-refractivity contribution in [2.24, 2.45) is 0 Å². The molecule has 0 saturated heterocycles. The van der Waals surface area contributed by atoms with E-state index in [4.69, 9.17) is 0 Å². The average molecular weight is 260 g/mol. The molecule has 0 radical (unpaired) electrons. The van der Waals surface area contributed by atoms with E-state index in [9.17, 15) is 14.3 Å². The Balaban J connectivity index is 2.66. The van der Waals surface area contributed by atoms with Crippen molar-refractivity contribution in [1.29, 1.82) is 0 Å². The highest BCUT2D eigenvalue weighted by molar-refractivity contribution is 5.98. The maximum atomic E-state index is 12.9. The molecule has 0 amide bonds. The first-order chi connectivity index (χ1) is 9.00. The normalized spacial score (nSPS) is 10.3. The molecule has 0 unspecified atom stereocenters. The minimum Gasteiger partial charge on any atom is -0.478 e. The monoisotopic (exact) mass is 260 g/mol. The second kappa shape index (κ2) is 5.06. The van der Waals surface area contributed by atoms with E-state index in [2.05, 4.69) is 4.98 Å². The van der Waals surface area contributed by atoms with Gasteiger partial charge in [0.25, 0.3) is 0 Å². The van der Waals surface area contributed by atoms with Gasteiger partial charge >= 0.3 is 5.97 Å². The van der Waals surface area contributed by atoms with Crippen molar-refractivity contribution in [3.63, 3.8) is 0 Å². The second-order valence-electron chi connectivity index (χ2n) is 4.26. The highest BCUT2D eigenvalue weighted by atomic mass is 19.1. The van der Waals surface area contributed by atoms with E-state index in [1.54, 1.807) is 31.1 Å². The van der Waals surface area contributed by atoms with Crippen LogP contribution in [0.25, 0.3) is 11.3 Å². The summed E-state index contributed by atoms with van der Waals surface area (Å²) in [4.78, 5) is 17.2. The quantitative estimate of drug-likeness (QED) is 0.921. The maximum Gasteiger partial charge on any atom is 0.337 e. The Morgan fingerprint density at radius 1 is 1.21 bits per heavy atom. The number of nitrogens with zero attached hydrogens (tertiary/aromatic N) is 2. The van der Waals surface area contributed by atoms with E-state index in [1.165, 1.54) is 24.4 Å². The van der Waals surface area contributed by atoms with Gasteiger partial charge in [-0.1, -0.05) is 0 Å². The molecule has 2 aromatic rings. The zero-order chi connectivity index (χ0) is 14.0. The number of carboxylic acid groups (broad SMARTS) is 1. The minimum atomic E-state index is -1.02. The van der Waals surface area contributed by atoms with E-state index in [1.807, 2.05) is 0 Å². The Kier molecular flexibility index (Phi) is 3.46. The minimum absolute atomic E-state index is 0.166. The molecule has 1 N–H and O–H groups in total. The van der Waals surface area contributed by atoms with E-state index >= 15 is 0 Å². The van der Waals surface area contributed by atoms with Crippen LogP contribution in [0.2, 0.25) is 0 Å². The molecule has 4 nitrogen and oxygen atoms in total. The van der Waals surface area contributed by atoms with Crippen LogP contribution >= 0.6 is 0 Å². The molecule has 1 aromatic heterocycles. The van der Waals surface area contributed by atoms with Gasteiger partial charge in [-0.15, -0.1) is 0 Å². The van der Waals surface area contributed by atoms with Crippen LogP contribution < -0.4 is 4.90 Å². The fourth-order valence-corrected chi connectivity index (χ4v) is 1.90. The average Bonchev–Trinajstić information content (AvgIpc) is 2.38. The number of pyridine rings is 1. The van der Waals surface area contributed by atoms with Gasteiger partial charge in [-0.25, -0.2) is 9.18 Å². The molecule has 0 saturated carbocycles. The smallest absolute Gasteiger partial charge is 0.337 e. The SMILES string of the molecule is CN(C)c1c(C(=O)O)ccnc1-c1ccc(F)cc1. The number of aromatic nitrogens is 1. The summed E-state index contributed by atoms with van der Waals surface area (Å²) in [7, 11) is 3.49. The number of hydrogen-bond donors (Lipinski definition) is 1. The fourth-order valence-electron chi connectivity index (χ4n) is 1.90. The molecule has 0 bridgehead atoms. The molecule has 19 heavy (non-hydrogen) atoms. The largest absolute Gasteiger partial charge is 0.478 e. The van der Waals surface area contributed by atoms with E-state index in [0.29, 0.717) is 16.9 Å². The molecule has 0 fully saturated rings. The molecule has 98 valence electrons. The van der Waals surface area contributed by atoms with E-state index in [-0.39, 0.29) is 11.4 Å². The van der Waals surface area contributed by atoms with Gasteiger partial charge in [0, 0.05) is 25.9 Å². The Hall–Kier alpha value is -2.43. The van der Waals surface area contributed by atoms with Crippen LogP contribution in [0.4, 0.5) is 10.1 Å².